The van der Waals surface area contributed by atoms with E-state index in [1.807, 2.05) is 0 Å². The molecule has 1 amide bonds. The summed E-state index contributed by atoms with van der Waals surface area (Å²) in [5.41, 5.74) is 1.33. The maximum Gasteiger partial charge on any atom is 0.573 e. The van der Waals surface area contributed by atoms with Gasteiger partial charge >= 0.3 is 6.36 Å². The second-order valence-electron chi connectivity index (χ2n) is 8.94. The minimum Gasteiger partial charge on any atom is -0.406 e. The smallest absolute Gasteiger partial charge is 0.406 e. The number of halogens is 5. The van der Waals surface area contributed by atoms with Crippen molar-refractivity contribution in [2.45, 2.75) is 37.5 Å². The molecule has 1 aliphatic carbocycles. The van der Waals surface area contributed by atoms with Gasteiger partial charge in [-0.3, -0.25) is 9.78 Å². The lowest BCUT2D eigenvalue weighted by Crippen LogP contribution is -2.27. The lowest BCUT2D eigenvalue weighted by atomic mass is 9.94. The number of nitrogens with zero attached hydrogens (tertiary/aromatic N) is 4. The van der Waals surface area contributed by atoms with Crippen LogP contribution in [0.25, 0.3) is 22.5 Å². The number of aromatic amines is 1. The van der Waals surface area contributed by atoms with Gasteiger partial charge in [0, 0.05) is 29.9 Å². The number of ether oxygens (including phenoxy) is 1. The molecule has 0 radical (unpaired) electrons. The number of hydrogen-bond donors (Lipinski definition) is 2. The van der Waals surface area contributed by atoms with Gasteiger partial charge in [-0.1, -0.05) is 24.3 Å². The van der Waals surface area contributed by atoms with E-state index in [4.69, 9.17) is 0 Å². The third kappa shape index (κ3) is 5.17. The van der Waals surface area contributed by atoms with Crippen LogP contribution in [0.3, 0.4) is 0 Å². The Kier molecular flexibility index (Phi) is 6.08. The number of anilines is 1. The number of alkyl halides is 5. The Morgan fingerprint density at radius 1 is 1.00 bits per heavy atom. The van der Waals surface area contributed by atoms with Crippen molar-refractivity contribution < 1.29 is 31.5 Å². The van der Waals surface area contributed by atoms with Gasteiger partial charge in [0.15, 0.2) is 5.82 Å². The van der Waals surface area contributed by atoms with Crippen molar-refractivity contribution in [1.29, 1.82) is 0 Å². The summed E-state index contributed by atoms with van der Waals surface area (Å²) in [6.07, 6.45) is -2.44. The van der Waals surface area contributed by atoms with E-state index in [1.54, 1.807) is 18.2 Å². The largest absolute Gasteiger partial charge is 0.573 e. The summed E-state index contributed by atoms with van der Waals surface area (Å²) in [6.45, 7) is 0.759. The first-order chi connectivity index (χ1) is 17.9. The Labute approximate surface area is 212 Å². The Morgan fingerprint density at radius 2 is 1.74 bits per heavy atom. The van der Waals surface area contributed by atoms with Crippen LogP contribution in [0.15, 0.2) is 60.8 Å². The number of benzene rings is 2. The second kappa shape index (κ2) is 9.15. The molecule has 0 spiro atoms. The van der Waals surface area contributed by atoms with Crippen LogP contribution in [0.1, 0.15) is 31.0 Å². The summed E-state index contributed by atoms with van der Waals surface area (Å²) >= 11 is 0. The van der Waals surface area contributed by atoms with E-state index < -0.39 is 17.7 Å². The van der Waals surface area contributed by atoms with E-state index in [9.17, 15) is 26.7 Å². The Hall–Kier alpha value is -4.42. The summed E-state index contributed by atoms with van der Waals surface area (Å²) in [5, 5.41) is 16.6. The van der Waals surface area contributed by atoms with Gasteiger partial charge in [0.1, 0.15) is 11.4 Å². The molecule has 2 heterocycles. The lowest BCUT2D eigenvalue weighted by Gasteiger charge is -2.18. The minimum absolute atomic E-state index is 0.280. The lowest BCUT2D eigenvalue weighted by molar-refractivity contribution is -0.274. The fourth-order valence-corrected chi connectivity index (χ4v) is 4.15. The van der Waals surface area contributed by atoms with Crippen molar-refractivity contribution in [3.8, 4) is 28.3 Å². The van der Waals surface area contributed by atoms with Crippen LogP contribution in [0, 0.1) is 0 Å². The van der Waals surface area contributed by atoms with Gasteiger partial charge in [-0.2, -0.15) is 8.78 Å². The molecular formula is C25H19F5N6O2. The Balaban J connectivity index is 1.40. The molecule has 8 nitrogen and oxygen atoms in total. The maximum absolute atomic E-state index is 13.6. The van der Waals surface area contributed by atoms with Crippen molar-refractivity contribution in [2.75, 3.05) is 5.32 Å². The SMILES string of the molecule is CC(F)(F)c1ccc(-c2ccc(NC(=O)C3(c4ccc(OC(F)(F)F)cc4)CC3)cc2-c2nnn[nH]2)cn1. The first kappa shape index (κ1) is 25.2. The fraction of sp³-hybridized carbons (Fsp3) is 0.240. The third-order valence-electron chi connectivity index (χ3n) is 6.23. The monoisotopic (exact) mass is 530 g/mol. The zero-order chi connectivity index (χ0) is 27.1. The summed E-state index contributed by atoms with van der Waals surface area (Å²) in [7, 11) is 0. The molecule has 196 valence electrons. The van der Waals surface area contributed by atoms with Crippen LogP contribution in [0.2, 0.25) is 0 Å². The van der Waals surface area contributed by atoms with E-state index in [1.165, 1.54) is 42.6 Å². The highest BCUT2D eigenvalue weighted by atomic mass is 19.4. The summed E-state index contributed by atoms with van der Waals surface area (Å²) in [4.78, 5) is 17.1. The molecule has 38 heavy (non-hydrogen) atoms. The first-order valence-corrected chi connectivity index (χ1v) is 11.4. The molecule has 2 aromatic carbocycles. The molecule has 1 aliphatic rings. The molecular weight excluding hydrogens is 511 g/mol. The third-order valence-corrected chi connectivity index (χ3v) is 6.23. The van der Waals surface area contributed by atoms with Crippen LogP contribution in [-0.2, 0) is 16.1 Å². The van der Waals surface area contributed by atoms with Crippen LogP contribution in [0.4, 0.5) is 27.6 Å². The molecule has 5 rings (SSSR count). The van der Waals surface area contributed by atoms with E-state index in [-0.39, 0.29) is 23.2 Å². The van der Waals surface area contributed by atoms with Crippen LogP contribution in [0.5, 0.6) is 5.75 Å². The normalized spacial score (nSPS) is 14.7. The number of hydrogen-bond acceptors (Lipinski definition) is 6. The number of pyridine rings is 1. The van der Waals surface area contributed by atoms with Crippen molar-refractivity contribution in [3.05, 3.63) is 72.1 Å². The fourth-order valence-electron chi connectivity index (χ4n) is 4.15. The van der Waals surface area contributed by atoms with Gasteiger partial charge in [-0.05, 0) is 64.7 Å². The van der Waals surface area contributed by atoms with Gasteiger partial charge in [0.2, 0.25) is 5.91 Å². The highest BCUT2D eigenvalue weighted by Crippen LogP contribution is 2.49. The van der Waals surface area contributed by atoms with Gasteiger partial charge in [0.25, 0.3) is 5.92 Å². The van der Waals surface area contributed by atoms with Gasteiger partial charge < -0.3 is 10.1 Å². The molecule has 2 aromatic heterocycles. The zero-order valence-corrected chi connectivity index (χ0v) is 19.7. The molecule has 13 heteroatoms. The number of carbonyl (C=O) groups excluding carboxylic acids is 1. The summed E-state index contributed by atoms with van der Waals surface area (Å²) in [6, 6.07) is 12.9. The first-order valence-electron chi connectivity index (χ1n) is 11.4. The number of nitrogens with one attached hydrogen (secondary N) is 2. The number of carbonyl (C=O) groups is 1. The topological polar surface area (TPSA) is 106 Å². The molecule has 0 unspecified atom stereocenters. The molecule has 1 fully saturated rings. The zero-order valence-electron chi connectivity index (χ0n) is 19.7. The molecule has 0 bridgehead atoms. The predicted molar refractivity (Wildman–Crippen MR) is 125 cm³/mol. The van der Waals surface area contributed by atoms with Crippen molar-refractivity contribution >= 4 is 11.6 Å². The van der Waals surface area contributed by atoms with Crippen molar-refractivity contribution in [3.63, 3.8) is 0 Å². The molecule has 4 aromatic rings. The second-order valence-corrected chi connectivity index (χ2v) is 8.94. The van der Waals surface area contributed by atoms with Gasteiger partial charge in [-0.25, -0.2) is 5.10 Å². The number of H-pyrrole nitrogens is 1. The Bertz CT molecular complexity index is 1450. The quantitative estimate of drug-likeness (QED) is 0.301. The molecule has 0 aliphatic heterocycles. The molecule has 2 N–H and O–H groups in total. The molecule has 0 saturated heterocycles. The summed E-state index contributed by atoms with van der Waals surface area (Å²) in [5.74, 6) is -3.51. The standard InChI is InChI=1S/C25H19F5N6O2/c1-23(26,27)20-9-2-14(13-31-20)18-8-5-16(12-19(18)21-33-35-36-34-21)32-22(37)24(10-11-24)15-3-6-17(7-4-15)38-25(28,29)30/h2-9,12-13H,10-11H2,1H3,(H,32,37)(H,33,34,35,36). The van der Waals surface area contributed by atoms with E-state index >= 15 is 0 Å². The van der Waals surface area contributed by atoms with E-state index in [2.05, 4.69) is 35.7 Å². The maximum atomic E-state index is 13.6. The van der Waals surface area contributed by atoms with Crippen molar-refractivity contribution in [2.24, 2.45) is 0 Å². The van der Waals surface area contributed by atoms with Crippen LogP contribution >= 0.6 is 0 Å². The average Bonchev–Trinajstić information content (AvgIpc) is 3.49. The van der Waals surface area contributed by atoms with E-state index in [0.29, 0.717) is 40.8 Å². The van der Waals surface area contributed by atoms with Gasteiger partial charge in [0.05, 0.1) is 5.41 Å². The van der Waals surface area contributed by atoms with Crippen LogP contribution in [-0.4, -0.2) is 37.9 Å². The predicted octanol–water partition coefficient (Wildman–Crippen LogP) is 5.61. The Morgan fingerprint density at radius 3 is 2.29 bits per heavy atom. The average molecular weight is 530 g/mol. The highest BCUT2D eigenvalue weighted by molar-refractivity contribution is 6.02. The molecule has 1 saturated carbocycles. The molecule has 0 atom stereocenters. The number of aromatic nitrogens is 5. The highest BCUT2D eigenvalue weighted by Gasteiger charge is 2.51. The van der Waals surface area contributed by atoms with Crippen molar-refractivity contribution in [1.82, 2.24) is 25.6 Å². The van der Waals surface area contributed by atoms with Crippen LogP contribution < -0.4 is 10.1 Å². The van der Waals surface area contributed by atoms with Gasteiger partial charge in [-0.15, -0.1) is 18.3 Å². The number of amides is 1. The number of rotatable bonds is 7. The number of tetrazole rings is 1. The summed E-state index contributed by atoms with van der Waals surface area (Å²) < 4.78 is 68.5. The van der Waals surface area contributed by atoms with E-state index in [0.717, 1.165) is 6.92 Å². The minimum atomic E-state index is -4.81.